The molecule has 0 heterocycles. The molecular weight excluding hydrogens is 294 g/mol. The van der Waals surface area contributed by atoms with E-state index in [4.69, 9.17) is 5.73 Å². The van der Waals surface area contributed by atoms with E-state index in [2.05, 4.69) is 10.6 Å². The van der Waals surface area contributed by atoms with Crippen LogP contribution >= 0.6 is 0 Å². The number of carbonyl (C=O) groups is 1. The highest BCUT2D eigenvalue weighted by molar-refractivity contribution is 5.91. The summed E-state index contributed by atoms with van der Waals surface area (Å²) in [7, 11) is 0. The molecule has 0 radical (unpaired) electrons. The third-order valence-corrected chi connectivity index (χ3v) is 3.93. The summed E-state index contributed by atoms with van der Waals surface area (Å²) in [5.74, 6) is 0.282. The van der Waals surface area contributed by atoms with Crippen LogP contribution in [0.15, 0.2) is 33.9 Å². The fraction of sp³-hybridized carbons (Fsp3) is 0.353. The summed E-state index contributed by atoms with van der Waals surface area (Å²) < 4.78 is 0. The average Bonchev–Trinajstić information content (AvgIpc) is 2.55. The number of para-hydroxylation sites is 1. The normalized spacial score (nSPS) is 12.1. The Bertz CT molecular complexity index is 776. The fourth-order valence-electron chi connectivity index (χ4n) is 2.23. The predicted molar refractivity (Wildman–Crippen MR) is 92.2 cm³/mol. The van der Waals surface area contributed by atoms with Crippen LogP contribution in [-0.4, -0.2) is 5.91 Å². The summed E-state index contributed by atoms with van der Waals surface area (Å²) in [6.45, 7) is 4.38. The molecule has 0 saturated carbocycles. The molecule has 2 aromatic carbocycles. The summed E-state index contributed by atoms with van der Waals surface area (Å²) >= 11 is 0. The van der Waals surface area contributed by atoms with Gasteiger partial charge in [0.15, 0.2) is 0 Å². The van der Waals surface area contributed by atoms with Crippen LogP contribution in [0.1, 0.15) is 32.3 Å². The van der Waals surface area contributed by atoms with Gasteiger partial charge in [-0.1, -0.05) is 38.5 Å². The van der Waals surface area contributed by atoms with E-state index in [0.717, 1.165) is 12.0 Å². The minimum atomic E-state index is -0.650. The van der Waals surface area contributed by atoms with Crippen LogP contribution in [0.2, 0.25) is 0 Å². The Morgan fingerprint density at radius 1 is 1.22 bits per heavy atom. The van der Waals surface area contributed by atoms with Gasteiger partial charge in [-0.25, -0.2) is 0 Å². The number of anilines is 3. The Morgan fingerprint density at radius 2 is 1.91 bits per heavy atom. The molecule has 23 heavy (non-hydrogen) atoms. The highest BCUT2D eigenvalue weighted by Crippen LogP contribution is 2.19. The predicted octanol–water partition coefficient (Wildman–Crippen LogP) is 1.85. The standard InChI is InChI=1S/C17H21N3O3/c1-3-10(2)8-13(21)20-12-7-5-4-6-11(12)9-19-15-14(18)16(22)17(15)23/h4-7,10,19H,3,8-9,18H2,1-2H3,(H,20,21). The summed E-state index contributed by atoms with van der Waals surface area (Å²) in [6, 6.07) is 7.31. The van der Waals surface area contributed by atoms with E-state index >= 15 is 0 Å². The zero-order chi connectivity index (χ0) is 17.0. The lowest BCUT2D eigenvalue weighted by Crippen LogP contribution is -2.37. The number of amides is 1. The smallest absolute Gasteiger partial charge is 0.253 e. The Hall–Kier alpha value is -2.63. The number of nitrogens with two attached hydrogens (primary N) is 1. The first-order valence-corrected chi connectivity index (χ1v) is 7.64. The molecule has 0 bridgehead atoms. The van der Waals surface area contributed by atoms with E-state index in [1.54, 1.807) is 6.07 Å². The lowest BCUT2D eigenvalue weighted by molar-refractivity contribution is -0.117. The molecule has 0 aliphatic carbocycles. The van der Waals surface area contributed by atoms with Crippen LogP contribution in [-0.2, 0) is 11.3 Å². The van der Waals surface area contributed by atoms with Crippen molar-refractivity contribution in [2.45, 2.75) is 33.2 Å². The maximum atomic E-state index is 12.0. The number of benzene rings is 1. The molecule has 0 fully saturated rings. The van der Waals surface area contributed by atoms with Gasteiger partial charge in [-0.05, 0) is 17.5 Å². The van der Waals surface area contributed by atoms with Crippen molar-refractivity contribution in [1.29, 1.82) is 0 Å². The van der Waals surface area contributed by atoms with E-state index in [1.807, 2.05) is 32.0 Å². The Morgan fingerprint density at radius 3 is 2.57 bits per heavy atom. The number of carbonyl (C=O) groups excluding carboxylic acids is 1. The molecule has 0 saturated heterocycles. The number of hydrogen-bond acceptors (Lipinski definition) is 5. The van der Waals surface area contributed by atoms with Gasteiger partial charge >= 0.3 is 0 Å². The monoisotopic (exact) mass is 315 g/mol. The van der Waals surface area contributed by atoms with Gasteiger partial charge in [0.05, 0.1) is 0 Å². The topological polar surface area (TPSA) is 101 Å². The van der Waals surface area contributed by atoms with E-state index < -0.39 is 10.9 Å². The quantitative estimate of drug-likeness (QED) is 0.677. The van der Waals surface area contributed by atoms with Crippen LogP contribution in [0.4, 0.5) is 17.1 Å². The van der Waals surface area contributed by atoms with Gasteiger partial charge in [0.1, 0.15) is 11.4 Å². The molecule has 122 valence electrons. The van der Waals surface area contributed by atoms with Gasteiger partial charge in [0.2, 0.25) is 5.91 Å². The molecule has 0 aromatic heterocycles. The van der Waals surface area contributed by atoms with Crippen molar-refractivity contribution in [2.75, 3.05) is 16.4 Å². The number of hydrogen-bond donors (Lipinski definition) is 3. The molecule has 1 atom stereocenters. The Balaban J connectivity index is 2.05. The molecule has 0 aliphatic heterocycles. The summed E-state index contributed by atoms with van der Waals surface area (Å²) in [6.07, 6.45) is 1.41. The third kappa shape index (κ3) is 3.77. The molecule has 1 amide bonds. The minimum absolute atomic E-state index is 0.0340. The molecule has 6 nitrogen and oxygen atoms in total. The second-order valence-electron chi connectivity index (χ2n) is 5.72. The molecule has 0 aliphatic rings. The fourth-order valence-corrected chi connectivity index (χ4v) is 2.23. The van der Waals surface area contributed by atoms with Gasteiger partial charge in [-0.15, -0.1) is 0 Å². The Kier molecular flexibility index (Phi) is 5.16. The molecule has 1 unspecified atom stereocenters. The van der Waals surface area contributed by atoms with E-state index in [9.17, 15) is 14.4 Å². The average molecular weight is 315 g/mol. The molecule has 2 aromatic rings. The second kappa shape index (κ2) is 7.09. The van der Waals surface area contributed by atoms with Crippen molar-refractivity contribution >= 4 is 23.0 Å². The van der Waals surface area contributed by atoms with Crippen molar-refractivity contribution < 1.29 is 4.79 Å². The van der Waals surface area contributed by atoms with Crippen LogP contribution < -0.4 is 27.2 Å². The van der Waals surface area contributed by atoms with Gasteiger partial charge < -0.3 is 16.4 Å². The minimum Gasteiger partial charge on any atom is -0.394 e. The zero-order valence-electron chi connectivity index (χ0n) is 13.3. The maximum absolute atomic E-state index is 12.0. The molecular formula is C17H21N3O3. The van der Waals surface area contributed by atoms with Gasteiger partial charge in [-0.3, -0.25) is 14.4 Å². The number of rotatable bonds is 7. The summed E-state index contributed by atoms with van der Waals surface area (Å²) in [5.41, 5.74) is 5.86. The molecule has 2 rings (SSSR count). The largest absolute Gasteiger partial charge is 0.394 e. The first-order valence-electron chi connectivity index (χ1n) is 7.64. The Labute approximate surface area is 134 Å². The lowest BCUT2D eigenvalue weighted by atomic mass is 10.0. The number of nitrogens with one attached hydrogen (secondary N) is 2. The molecule has 6 heteroatoms. The summed E-state index contributed by atoms with van der Waals surface area (Å²) in [5, 5.41) is 5.75. The van der Waals surface area contributed by atoms with Crippen LogP contribution in [0, 0.1) is 5.92 Å². The van der Waals surface area contributed by atoms with Crippen LogP contribution in [0.5, 0.6) is 0 Å². The first kappa shape index (κ1) is 16.7. The van der Waals surface area contributed by atoms with Crippen LogP contribution in [0.3, 0.4) is 0 Å². The van der Waals surface area contributed by atoms with E-state index in [-0.39, 0.29) is 17.3 Å². The third-order valence-electron chi connectivity index (χ3n) is 3.93. The SMILES string of the molecule is CCC(C)CC(=O)Nc1ccccc1CNc1c(N)c(=O)c1=O. The van der Waals surface area contributed by atoms with Crippen molar-refractivity contribution in [3.05, 3.63) is 50.3 Å². The van der Waals surface area contributed by atoms with Gasteiger partial charge in [-0.2, -0.15) is 0 Å². The highest BCUT2D eigenvalue weighted by Gasteiger charge is 2.17. The molecule has 4 N–H and O–H groups in total. The van der Waals surface area contributed by atoms with Crippen molar-refractivity contribution in [3.8, 4) is 0 Å². The van der Waals surface area contributed by atoms with Crippen LogP contribution in [0.25, 0.3) is 0 Å². The van der Waals surface area contributed by atoms with E-state index in [0.29, 0.717) is 24.6 Å². The molecule has 0 spiro atoms. The number of nitrogen functional groups attached to an aromatic ring is 1. The van der Waals surface area contributed by atoms with Crippen molar-refractivity contribution in [3.63, 3.8) is 0 Å². The summed E-state index contributed by atoms with van der Waals surface area (Å²) in [4.78, 5) is 34.5. The second-order valence-corrected chi connectivity index (χ2v) is 5.72. The van der Waals surface area contributed by atoms with E-state index in [1.165, 1.54) is 0 Å². The first-order chi connectivity index (χ1) is 10.9. The maximum Gasteiger partial charge on any atom is 0.253 e. The van der Waals surface area contributed by atoms with Gasteiger partial charge in [0.25, 0.3) is 10.9 Å². The highest BCUT2D eigenvalue weighted by atomic mass is 16.2. The van der Waals surface area contributed by atoms with Crippen molar-refractivity contribution in [2.24, 2.45) is 5.92 Å². The van der Waals surface area contributed by atoms with Crippen molar-refractivity contribution in [1.82, 2.24) is 0 Å². The van der Waals surface area contributed by atoms with Gasteiger partial charge in [0, 0.05) is 18.7 Å². The lowest BCUT2D eigenvalue weighted by Gasteiger charge is -2.15. The zero-order valence-corrected chi connectivity index (χ0v) is 13.3.